The number of aryl methyl sites for hydroxylation is 1. The number of nitrogens with zero attached hydrogens (tertiary/aromatic N) is 4. The van der Waals surface area contributed by atoms with Crippen molar-refractivity contribution in [3.8, 4) is 0 Å². The first-order valence-corrected chi connectivity index (χ1v) is 7.15. The number of pyridine rings is 1. The first kappa shape index (κ1) is 13.8. The van der Waals surface area contributed by atoms with Gasteiger partial charge in [-0.2, -0.15) is 0 Å². The van der Waals surface area contributed by atoms with Gasteiger partial charge in [0.25, 0.3) is 0 Å². The van der Waals surface area contributed by atoms with E-state index in [0.717, 1.165) is 12.8 Å². The number of hydrogen-bond donors (Lipinski definition) is 1. The van der Waals surface area contributed by atoms with Gasteiger partial charge in [-0.3, -0.25) is 9.20 Å². The van der Waals surface area contributed by atoms with Gasteiger partial charge in [0.05, 0.1) is 13.2 Å². The first-order valence-electron chi connectivity index (χ1n) is 7.15. The summed E-state index contributed by atoms with van der Waals surface area (Å²) < 4.78 is 2.77. The molecule has 1 saturated carbocycles. The van der Waals surface area contributed by atoms with Crippen molar-refractivity contribution in [3.05, 3.63) is 34.9 Å². The van der Waals surface area contributed by atoms with Gasteiger partial charge in [0, 0.05) is 25.2 Å². The van der Waals surface area contributed by atoms with Crippen LogP contribution in [0, 0.1) is 0 Å². The summed E-state index contributed by atoms with van der Waals surface area (Å²) in [7, 11) is 0. The summed E-state index contributed by atoms with van der Waals surface area (Å²) >= 11 is 0. The number of aliphatic hydroxyl groups excluding tert-OH is 1. The second kappa shape index (κ2) is 5.69. The number of fused-ring (bicyclic) bond motifs is 1. The zero-order valence-corrected chi connectivity index (χ0v) is 11.7. The molecule has 1 N–H and O–H groups in total. The lowest BCUT2D eigenvalue weighted by Gasteiger charge is -2.21. The van der Waals surface area contributed by atoms with E-state index >= 15 is 0 Å². The Morgan fingerprint density at radius 2 is 2.24 bits per heavy atom. The highest BCUT2D eigenvalue weighted by Gasteiger charge is 2.31. The molecule has 0 spiro atoms. The lowest BCUT2D eigenvalue weighted by Crippen LogP contribution is -2.36. The van der Waals surface area contributed by atoms with E-state index in [-0.39, 0.29) is 37.2 Å². The Balaban J connectivity index is 1.69. The highest BCUT2D eigenvalue weighted by Crippen LogP contribution is 2.27. The van der Waals surface area contributed by atoms with E-state index in [1.165, 1.54) is 9.08 Å². The van der Waals surface area contributed by atoms with Crippen molar-refractivity contribution in [3.63, 3.8) is 0 Å². The molecule has 112 valence electrons. The van der Waals surface area contributed by atoms with Crippen LogP contribution in [0.25, 0.3) is 5.65 Å². The molecule has 0 radical (unpaired) electrons. The fourth-order valence-corrected chi connectivity index (χ4v) is 2.46. The molecule has 1 amide bonds. The van der Waals surface area contributed by atoms with E-state index in [1.54, 1.807) is 23.2 Å². The minimum absolute atomic E-state index is 0.0312. The number of amides is 1. The Hall–Kier alpha value is -2.15. The summed E-state index contributed by atoms with van der Waals surface area (Å²) in [6, 6.07) is 5.60. The quantitative estimate of drug-likeness (QED) is 0.803. The molecule has 21 heavy (non-hydrogen) atoms. The Bertz CT molecular complexity index is 702. The van der Waals surface area contributed by atoms with Crippen LogP contribution >= 0.6 is 0 Å². The van der Waals surface area contributed by atoms with E-state index in [2.05, 4.69) is 5.10 Å². The van der Waals surface area contributed by atoms with E-state index in [1.807, 2.05) is 6.07 Å². The van der Waals surface area contributed by atoms with Crippen molar-refractivity contribution in [2.24, 2.45) is 0 Å². The van der Waals surface area contributed by atoms with Gasteiger partial charge in [-0.1, -0.05) is 6.07 Å². The number of aromatic nitrogens is 3. The number of carbonyl (C=O) groups excluding carboxylic acids is 1. The Labute approximate surface area is 121 Å². The topological polar surface area (TPSA) is 79.8 Å². The molecule has 1 fully saturated rings. The Morgan fingerprint density at radius 3 is 2.90 bits per heavy atom. The molecule has 0 unspecified atom stereocenters. The molecule has 0 aromatic carbocycles. The Kier molecular flexibility index (Phi) is 3.74. The van der Waals surface area contributed by atoms with E-state index < -0.39 is 0 Å². The van der Waals surface area contributed by atoms with Crippen LogP contribution in [0.2, 0.25) is 0 Å². The van der Waals surface area contributed by atoms with Crippen LogP contribution in [0.1, 0.15) is 19.3 Å². The zero-order chi connectivity index (χ0) is 14.8. The second-order valence-corrected chi connectivity index (χ2v) is 5.23. The van der Waals surface area contributed by atoms with Crippen molar-refractivity contribution in [2.45, 2.75) is 31.8 Å². The first-order chi connectivity index (χ1) is 10.2. The van der Waals surface area contributed by atoms with Crippen LogP contribution in [-0.2, 0) is 11.3 Å². The third-order valence-electron chi connectivity index (χ3n) is 3.67. The summed E-state index contributed by atoms with van der Waals surface area (Å²) in [5.74, 6) is -0.0319. The van der Waals surface area contributed by atoms with Crippen molar-refractivity contribution >= 4 is 11.6 Å². The summed E-state index contributed by atoms with van der Waals surface area (Å²) in [6.07, 6.45) is 3.88. The molecular formula is C14H18N4O3. The van der Waals surface area contributed by atoms with E-state index in [9.17, 15) is 9.59 Å². The maximum atomic E-state index is 12.2. The highest BCUT2D eigenvalue weighted by molar-refractivity contribution is 5.76. The van der Waals surface area contributed by atoms with Gasteiger partial charge < -0.3 is 10.0 Å². The molecule has 1 aliphatic carbocycles. The molecular weight excluding hydrogens is 272 g/mol. The standard InChI is InChI=1S/C14H18N4O3/c19-10-9-16(11-4-5-11)13(20)6-8-18-14(21)17-7-2-1-3-12(17)15-18/h1-3,7,11,19H,4-6,8-10H2. The third-order valence-corrected chi connectivity index (χ3v) is 3.67. The largest absolute Gasteiger partial charge is 0.395 e. The summed E-state index contributed by atoms with van der Waals surface area (Å²) in [5.41, 5.74) is 0.336. The molecule has 7 heteroatoms. The monoisotopic (exact) mass is 290 g/mol. The second-order valence-electron chi connectivity index (χ2n) is 5.23. The van der Waals surface area contributed by atoms with Gasteiger partial charge >= 0.3 is 5.69 Å². The molecule has 7 nitrogen and oxygen atoms in total. The van der Waals surface area contributed by atoms with Gasteiger partial charge in [-0.25, -0.2) is 9.48 Å². The van der Waals surface area contributed by atoms with Gasteiger partial charge in [0.15, 0.2) is 5.65 Å². The van der Waals surface area contributed by atoms with Crippen LogP contribution < -0.4 is 5.69 Å². The van der Waals surface area contributed by atoms with Crippen LogP contribution in [0.15, 0.2) is 29.2 Å². The average molecular weight is 290 g/mol. The van der Waals surface area contributed by atoms with Crippen molar-refractivity contribution in [2.75, 3.05) is 13.2 Å². The molecule has 1 aliphatic rings. The predicted molar refractivity (Wildman–Crippen MR) is 75.9 cm³/mol. The molecule has 3 rings (SSSR count). The van der Waals surface area contributed by atoms with Crippen molar-refractivity contribution < 1.29 is 9.90 Å². The fraction of sp³-hybridized carbons (Fsp3) is 0.500. The number of hydrogen-bond acceptors (Lipinski definition) is 4. The maximum Gasteiger partial charge on any atom is 0.350 e. The summed E-state index contributed by atoms with van der Waals surface area (Å²) in [4.78, 5) is 26.0. The molecule has 0 bridgehead atoms. The van der Waals surface area contributed by atoms with Crippen LogP contribution in [0.4, 0.5) is 0 Å². The van der Waals surface area contributed by atoms with Gasteiger partial charge in [0.2, 0.25) is 5.91 Å². The SMILES string of the molecule is O=C(CCn1nc2ccccn2c1=O)N(CCO)C1CC1. The lowest BCUT2D eigenvalue weighted by molar-refractivity contribution is -0.132. The number of carbonyl (C=O) groups is 1. The van der Waals surface area contributed by atoms with E-state index in [4.69, 9.17) is 5.11 Å². The normalized spacial score (nSPS) is 14.5. The zero-order valence-electron chi connectivity index (χ0n) is 11.7. The summed E-state index contributed by atoms with van der Waals surface area (Å²) in [6.45, 7) is 0.591. The van der Waals surface area contributed by atoms with E-state index in [0.29, 0.717) is 12.2 Å². The van der Waals surface area contributed by atoms with Crippen LogP contribution in [0.5, 0.6) is 0 Å². The van der Waals surface area contributed by atoms with Gasteiger partial charge in [-0.05, 0) is 25.0 Å². The van der Waals surface area contributed by atoms with Crippen molar-refractivity contribution in [1.82, 2.24) is 19.1 Å². The highest BCUT2D eigenvalue weighted by atomic mass is 16.3. The average Bonchev–Trinajstić information content (AvgIpc) is 3.28. The van der Waals surface area contributed by atoms with Gasteiger partial charge in [0.1, 0.15) is 0 Å². The Morgan fingerprint density at radius 1 is 1.43 bits per heavy atom. The number of rotatable bonds is 6. The molecule has 0 saturated heterocycles. The van der Waals surface area contributed by atoms with Crippen LogP contribution in [0.3, 0.4) is 0 Å². The lowest BCUT2D eigenvalue weighted by atomic mass is 10.3. The third kappa shape index (κ3) is 2.82. The molecule has 2 aromatic heterocycles. The maximum absolute atomic E-state index is 12.2. The van der Waals surface area contributed by atoms with Crippen LogP contribution in [-0.4, -0.2) is 49.3 Å². The smallest absolute Gasteiger partial charge is 0.350 e. The number of aliphatic hydroxyl groups is 1. The fourth-order valence-electron chi connectivity index (χ4n) is 2.46. The molecule has 0 aliphatic heterocycles. The minimum atomic E-state index is -0.237. The predicted octanol–water partition coefficient (Wildman–Crippen LogP) is -0.131. The minimum Gasteiger partial charge on any atom is -0.395 e. The molecule has 0 atom stereocenters. The summed E-state index contributed by atoms with van der Waals surface area (Å²) in [5, 5.41) is 13.2. The van der Waals surface area contributed by atoms with Crippen molar-refractivity contribution in [1.29, 1.82) is 0 Å². The molecule has 2 heterocycles. The van der Waals surface area contributed by atoms with Gasteiger partial charge in [-0.15, -0.1) is 5.10 Å². The molecule has 2 aromatic rings.